The number of nitrogens with zero attached hydrogens (tertiary/aromatic N) is 1. The van der Waals surface area contributed by atoms with Crippen molar-refractivity contribution in [1.82, 2.24) is 4.31 Å². The van der Waals surface area contributed by atoms with Crippen LogP contribution in [-0.2, 0) is 24.3 Å². The number of carbonyl (C=O) groups excluding carboxylic acids is 1. The summed E-state index contributed by atoms with van der Waals surface area (Å²) in [4.78, 5) is 21.3. The van der Waals surface area contributed by atoms with Crippen LogP contribution in [0.25, 0.3) is 0 Å². The van der Waals surface area contributed by atoms with E-state index >= 15 is 0 Å². The number of hydrogen-bond donors (Lipinski definition) is 1. The van der Waals surface area contributed by atoms with Crippen LogP contribution in [-0.4, -0.2) is 55.7 Å². The number of carbonyl (C=O) groups is 2. The number of sulfonamides is 1. The van der Waals surface area contributed by atoms with Crippen LogP contribution in [0.15, 0.2) is 0 Å². The highest BCUT2D eigenvalue weighted by Gasteiger charge is 2.32. The van der Waals surface area contributed by atoms with Gasteiger partial charge in [-0.15, -0.1) is 0 Å². The van der Waals surface area contributed by atoms with Crippen LogP contribution in [0.3, 0.4) is 0 Å². The lowest BCUT2D eigenvalue weighted by atomic mass is 10.4. The molecular weight excluding hydrogens is 238 g/mol. The molecule has 0 spiro atoms. The molecule has 16 heavy (non-hydrogen) atoms. The number of ether oxygens (including phenoxy) is 1. The summed E-state index contributed by atoms with van der Waals surface area (Å²) in [5, 5.41) is 7.07. The summed E-state index contributed by atoms with van der Waals surface area (Å²) in [5.74, 6) is -1.98. The third kappa shape index (κ3) is 3.78. The number of rotatable bonds is 6. The van der Waals surface area contributed by atoms with E-state index in [1.54, 1.807) is 0 Å². The molecule has 0 rings (SSSR count). The molecule has 0 fully saturated rings. The molecule has 0 bridgehead atoms. The third-order valence-corrected chi connectivity index (χ3v) is 4.19. The first-order valence-electron chi connectivity index (χ1n) is 4.48. The van der Waals surface area contributed by atoms with Gasteiger partial charge in [-0.05, 0) is 6.92 Å². The van der Waals surface area contributed by atoms with Gasteiger partial charge < -0.3 is 9.84 Å². The molecule has 0 aliphatic heterocycles. The van der Waals surface area contributed by atoms with Crippen LogP contribution in [0.2, 0.25) is 0 Å². The largest absolute Gasteiger partial charge is 0.481 e. The fourth-order valence-electron chi connectivity index (χ4n) is 0.938. The molecule has 0 saturated heterocycles. The number of esters is 1. The topological polar surface area (TPSA) is 101 Å². The van der Waals surface area contributed by atoms with Gasteiger partial charge in [-0.3, -0.25) is 9.59 Å². The highest BCUT2D eigenvalue weighted by Crippen LogP contribution is 2.08. The summed E-state index contributed by atoms with van der Waals surface area (Å²) < 4.78 is 28.5. The lowest BCUT2D eigenvalue weighted by Crippen LogP contribution is -2.40. The van der Waals surface area contributed by atoms with Crippen LogP contribution in [0.4, 0.5) is 0 Å². The summed E-state index contributed by atoms with van der Waals surface area (Å²) in [7, 11) is -1.54. The van der Waals surface area contributed by atoms with Gasteiger partial charge in [0.2, 0.25) is 10.0 Å². The van der Waals surface area contributed by atoms with Gasteiger partial charge in [-0.2, -0.15) is 0 Å². The SMILES string of the molecule is COC(=O)C(C)S(=O)(=O)N(C)CCC(=O)O. The molecule has 1 N–H and O–H groups in total. The zero-order valence-electron chi connectivity index (χ0n) is 9.34. The molecule has 8 heteroatoms. The van der Waals surface area contributed by atoms with E-state index in [4.69, 9.17) is 5.11 Å². The molecule has 0 aromatic carbocycles. The first-order chi connectivity index (χ1) is 7.23. The van der Waals surface area contributed by atoms with Gasteiger partial charge in [0, 0.05) is 13.6 Å². The second kappa shape index (κ2) is 5.80. The Labute approximate surface area is 94.0 Å². The summed E-state index contributed by atoms with van der Waals surface area (Å²) >= 11 is 0. The normalized spacial score (nSPS) is 13.5. The zero-order chi connectivity index (χ0) is 12.9. The number of hydrogen-bond acceptors (Lipinski definition) is 5. The Morgan fingerprint density at radius 2 is 1.94 bits per heavy atom. The highest BCUT2D eigenvalue weighted by molar-refractivity contribution is 7.90. The Bertz CT molecular complexity index is 363. The molecule has 0 radical (unpaired) electrons. The van der Waals surface area contributed by atoms with E-state index in [2.05, 4.69) is 4.74 Å². The van der Waals surface area contributed by atoms with Crippen molar-refractivity contribution >= 4 is 22.0 Å². The summed E-state index contributed by atoms with van der Waals surface area (Å²) in [6, 6.07) is 0. The maximum Gasteiger partial charge on any atom is 0.325 e. The molecule has 0 aliphatic rings. The van der Waals surface area contributed by atoms with Crippen LogP contribution >= 0.6 is 0 Å². The molecule has 1 atom stereocenters. The molecule has 7 nitrogen and oxygen atoms in total. The summed E-state index contributed by atoms with van der Waals surface area (Å²) in [6.07, 6.45) is -0.316. The maximum atomic E-state index is 11.7. The highest BCUT2D eigenvalue weighted by atomic mass is 32.2. The molecule has 0 aliphatic carbocycles. The Balaban J connectivity index is 4.65. The number of aliphatic carboxylic acids is 1. The van der Waals surface area contributed by atoms with Crippen LogP contribution in [0.5, 0.6) is 0 Å². The quantitative estimate of drug-likeness (QED) is 0.627. The van der Waals surface area contributed by atoms with Gasteiger partial charge in [-0.25, -0.2) is 12.7 Å². The van der Waals surface area contributed by atoms with E-state index in [0.717, 1.165) is 11.4 Å². The van der Waals surface area contributed by atoms with Crippen molar-refractivity contribution in [2.75, 3.05) is 20.7 Å². The molecular formula is C8H15NO6S. The van der Waals surface area contributed by atoms with Crippen molar-refractivity contribution in [1.29, 1.82) is 0 Å². The monoisotopic (exact) mass is 253 g/mol. The van der Waals surface area contributed by atoms with E-state index in [1.807, 2.05) is 0 Å². The fourth-order valence-corrected chi connectivity index (χ4v) is 2.16. The van der Waals surface area contributed by atoms with E-state index in [9.17, 15) is 18.0 Å². The first kappa shape index (κ1) is 14.8. The van der Waals surface area contributed by atoms with Gasteiger partial charge in [-0.1, -0.05) is 0 Å². The van der Waals surface area contributed by atoms with E-state index in [-0.39, 0.29) is 13.0 Å². The molecule has 0 amide bonds. The van der Waals surface area contributed by atoms with Gasteiger partial charge in [0.25, 0.3) is 0 Å². The van der Waals surface area contributed by atoms with Crippen LogP contribution in [0, 0.1) is 0 Å². The minimum absolute atomic E-state index is 0.182. The molecule has 94 valence electrons. The predicted molar refractivity (Wildman–Crippen MR) is 55.3 cm³/mol. The molecule has 0 heterocycles. The van der Waals surface area contributed by atoms with E-state index in [1.165, 1.54) is 14.0 Å². The van der Waals surface area contributed by atoms with Gasteiger partial charge >= 0.3 is 11.9 Å². The average molecular weight is 253 g/mol. The summed E-state index contributed by atoms with van der Waals surface area (Å²) in [6.45, 7) is 1.01. The van der Waals surface area contributed by atoms with Crippen molar-refractivity contribution in [3.63, 3.8) is 0 Å². The standard InChI is InChI=1S/C8H15NO6S/c1-6(8(12)15-3)16(13,14)9(2)5-4-7(10)11/h6H,4-5H2,1-3H3,(H,10,11). The van der Waals surface area contributed by atoms with Crippen molar-refractivity contribution in [2.24, 2.45) is 0 Å². The Morgan fingerprint density at radius 3 is 2.31 bits per heavy atom. The second-order valence-corrected chi connectivity index (χ2v) is 5.54. The minimum atomic E-state index is -3.85. The average Bonchev–Trinajstić information content (AvgIpc) is 2.23. The van der Waals surface area contributed by atoms with E-state index in [0.29, 0.717) is 0 Å². The predicted octanol–water partition coefficient (Wildman–Crippen LogP) is -0.716. The zero-order valence-corrected chi connectivity index (χ0v) is 10.2. The Morgan fingerprint density at radius 1 is 1.44 bits per heavy atom. The van der Waals surface area contributed by atoms with Gasteiger partial charge in [0.15, 0.2) is 5.25 Å². The number of carboxylic acids is 1. The lowest BCUT2D eigenvalue weighted by Gasteiger charge is -2.19. The van der Waals surface area contributed by atoms with Crippen molar-refractivity contribution in [2.45, 2.75) is 18.6 Å². The second-order valence-electron chi connectivity index (χ2n) is 3.18. The third-order valence-electron chi connectivity index (χ3n) is 2.05. The smallest absolute Gasteiger partial charge is 0.325 e. The molecule has 0 aromatic rings. The Hall–Kier alpha value is -1.15. The Kier molecular flexibility index (Phi) is 5.39. The van der Waals surface area contributed by atoms with E-state index < -0.39 is 27.2 Å². The maximum absolute atomic E-state index is 11.7. The van der Waals surface area contributed by atoms with Crippen LogP contribution < -0.4 is 0 Å². The minimum Gasteiger partial charge on any atom is -0.481 e. The van der Waals surface area contributed by atoms with Crippen LogP contribution in [0.1, 0.15) is 13.3 Å². The van der Waals surface area contributed by atoms with Crippen molar-refractivity contribution in [3.05, 3.63) is 0 Å². The number of methoxy groups -OCH3 is 1. The molecule has 0 saturated carbocycles. The van der Waals surface area contributed by atoms with Crippen molar-refractivity contribution < 1.29 is 27.9 Å². The number of carboxylic acid groups (broad SMARTS) is 1. The lowest BCUT2D eigenvalue weighted by molar-refractivity contribution is -0.139. The van der Waals surface area contributed by atoms with Gasteiger partial charge in [0.05, 0.1) is 13.5 Å². The van der Waals surface area contributed by atoms with Gasteiger partial charge in [0.1, 0.15) is 0 Å². The summed E-state index contributed by atoms with van der Waals surface area (Å²) in [5.41, 5.74) is 0. The van der Waals surface area contributed by atoms with Crippen molar-refractivity contribution in [3.8, 4) is 0 Å². The molecule has 0 aromatic heterocycles. The molecule has 1 unspecified atom stereocenters. The first-order valence-corrected chi connectivity index (χ1v) is 5.98. The fraction of sp³-hybridized carbons (Fsp3) is 0.750.